The van der Waals surface area contributed by atoms with Crippen LogP contribution in [0.1, 0.15) is 5.56 Å². The molecular formula is C12H10Cl3NO3. The summed E-state index contributed by atoms with van der Waals surface area (Å²) in [5, 5.41) is 10.4. The average molecular weight is 323 g/mol. The van der Waals surface area contributed by atoms with Gasteiger partial charge in [0.05, 0.1) is 0 Å². The van der Waals surface area contributed by atoms with Gasteiger partial charge in [-0.1, -0.05) is 53.0 Å². The number of benzene rings is 1. The lowest BCUT2D eigenvalue weighted by Crippen LogP contribution is -2.26. The molecule has 0 fully saturated rings. The number of amides is 1. The van der Waals surface area contributed by atoms with Crippen molar-refractivity contribution in [3.63, 3.8) is 0 Å². The first-order valence-corrected chi connectivity index (χ1v) is 6.37. The minimum Gasteiger partial charge on any atom is -0.477 e. The molecule has 0 aliphatic carbocycles. The van der Waals surface area contributed by atoms with Gasteiger partial charge in [0.2, 0.25) is 0 Å². The van der Waals surface area contributed by atoms with E-state index in [0.717, 1.165) is 5.56 Å². The van der Waals surface area contributed by atoms with Crippen molar-refractivity contribution in [2.75, 3.05) is 6.54 Å². The highest BCUT2D eigenvalue weighted by Crippen LogP contribution is 2.16. The van der Waals surface area contributed by atoms with E-state index in [4.69, 9.17) is 39.9 Å². The summed E-state index contributed by atoms with van der Waals surface area (Å²) in [6.07, 6.45) is 0.500. The molecule has 1 aromatic rings. The summed E-state index contributed by atoms with van der Waals surface area (Å²) in [6, 6.07) is 7.21. The Balaban J connectivity index is 2.55. The maximum absolute atomic E-state index is 11.5. The van der Waals surface area contributed by atoms with Crippen LogP contribution in [0.5, 0.6) is 0 Å². The molecule has 0 saturated heterocycles. The van der Waals surface area contributed by atoms with Crippen LogP contribution in [0.4, 0.5) is 0 Å². The van der Waals surface area contributed by atoms with Crippen molar-refractivity contribution in [3.05, 3.63) is 44.9 Å². The maximum Gasteiger partial charge on any atom is 0.349 e. The Kier molecular flexibility index (Phi) is 6.15. The monoisotopic (exact) mass is 321 g/mol. The van der Waals surface area contributed by atoms with Gasteiger partial charge in [0.1, 0.15) is 10.1 Å². The van der Waals surface area contributed by atoms with Crippen molar-refractivity contribution in [1.29, 1.82) is 0 Å². The third-order valence-corrected chi connectivity index (χ3v) is 3.39. The van der Waals surface area contributed by atoms with E-state index in [1.54, 1.807) is 12.1 Å². The van der Waals surface area contributed by atoms with Gasteiger partial charge in [-0.05, 0) is 18.1 Å². The van der Waals surface area contributed by atoms with Crippen molar-refractivity contribution in [2.45, 2.75) is 6.42 Å². The summed E-state index contributed by atoms with van der Waals surface area (Å²) in [6.45, 7) is 0.266. The molecule has 0 radical (unpaired) electrons. The molecule has 0 bridgehead atoms. The predicted octanol–water partition coefficient (Wildman–Crippen LogP) is 2.77. The summed E-state index contributed by atoms with van der Waals surface area (Å²) >= 11 is 16.8. The van der Waals surface area contributed by atoms with E-state index in [1.165, 1.54) is 0 Å². The summed E-state index contributed by atoms with van der Waals surface area (Å²) in [5.41, 5.74) is 0.869. The lowest BCUT2D eigenvalue weighted by atomic mass is 10.1. The molecule has 2 N–H and O–H groups in total. The third-order valence-electron chi connectivity index (χ3n) is 2.22. The second-order valence-corrected chi connectivity index (χ2v) is 4.69. The minimum atomic E-state index is -1.45. The second-order valence-electron chi connectivity index (χ2n) is 3.53. The van der Waals surface area contributed by atoms with Crippen LogP contribution in [-0.2, 0) is 16.0 Å². The molecule has 0 atom stereocenters. The van der Waals surface area contributed by atoms with E-state index in [-0.39, 0.29) is 6.54 Å². The van der Waals surface area contributed by atoms with Gasteiger partial charge in [-0.2, -0.15) is 0 Å². The molecule has 4 nitrogen and oxygen atoms in total. The zero-order valence-corrected chi connectivity index (χ0v) is 11.9. The standard InChI is InChI=1S/C12H10Cl3NO3/c13-8-4-2-1-3-7(8)5-6-16-11(17)9(14)10(15)12(18)19/h1-4H,5-6H2,(H,16,17)(H,18,19)/b10-9-. The van der Waals surface area contributed by atoms with Crippen molar-refractivity contribution >= 4 is 46.7 Å². The number of nitrogens with one attached hydrogen (secondary N) is 1. The Morgan fingerprint density at radius 2 is 1.79 bits per heavy atom. The average Bonchev–Trinajstić information content (AvgIpc) is 2.38. The van der Waals surface area contributed by atoms with Gasteiger partial charge in [0.15, 0.2) is 0 Å². The molecule has 1 rings (SSSR count). The molecule has 19 heavy (non-hydrogen) atoms. The molecule has 0 unspecified atom stereocenters. The van der Waals surface area contributed by atoms with Gasteiger partial charge >= 0.3 is 5.97 Å². The SMILES string of the molecule is O=C(O)/C(Cl)=C(/Cl)C(=O)NCCc1ccccc1Cl. The van der Waals surface area contributed by atoms with Crippen LogP contribution >= 0.6 is 34.8 Å². The highest BCUT2D eigenvalue weighted by Gasteiger charge is 2.16. The van der Waals surface area contributed by atoms with Crippen molar-refractivity contribution < 1.29 is 14.7 Å². The van der Waals surface area contributed by atoms with Crippen LogP contribution in [0, 0.1) is 0 Å². The van der Waals surface area contributed by atoms with Crippen molar-refractivity contribution in [1.82, 2.24) is 5.32 Å². The van der Waals surface area contributed by atoms with E-state index >= 15 is 0 Å². The van der Waals surface area contributed by atoms with Crippen LogP contribution in [0.3, 0.4) is 0 Å². The number of carbonyl (C=O) groups is 2. The maximum atomic E-state index is 11.5. The number of halogens is 3. The zero-order chi connectivity index (χ0) is 14.4. The normalized spacial score (nSPS) is 11.7. The Labute approximate surface area is 125 Å². The lowest BCUT2D eigenvalue weighted by molar-refractivity contribution is -0.132. The molecule has 0 heterocycles. The highest BCUT2D eigenvalue weighted by molar-refractivity contribution is 6.53. The molecule has 102 valence electrons. The Bertz CT molecular complexity index is 529. The first-order valence-electron chi connectivity index (χ1n) is 5.23. The highest BCUT2D eigenvalue weighted by atomic mass is 35.5. The van der Waals surface area contributed by atoms with Crippen molar-refractivity contribution in [2.24, 2.45) is 0 Å². The van der Waals surface area contributed by atoms with Gasteiger partial charge in [-0.3, -0.25) is 4.79 Å². The van der Waals surface area contributed by atoms with E-state index in [1.807, 2.05) is 12.1 Å². The fraction of sp³-hybridized carbons (Fsp3) is 0.167. The topological polar surface area (TPSA) is 66.4 Å². The zero-order valence-electron chi connectivity index (χ0n) is 9.62. The predicted molar refractivity (Wildman–Crippen MR) is 74.5 cm³/mol. The van der Waals surface area contributed by atoms with Gasteiger partial charge in [-0.15, -0.1) is 0 Å². The lowest BCUT2D eigenvalue weighted by Gasteiger charge is -2.06. The molecular weight excluding hydrogens is 312 g/mol. The Morgan fingerprint density at radius 3 is 2.37 bits per heavy atom. The number of rotatable bonds is 5. The molecule has 0 aliphatic rings. The molecule has 1 amide bonds. The summed E-state index contributed by atoms with van der Waals surface area (Å²) < 4.78 is 0. The van der Waals surface area contributed by atoms with Crippen LogP contribution in [-0.4, -0.2) is 23.5 Å². The molecule has 7 heteroatoms. The quantitative estimate of drug-likeness (QED) is 0.819. The summed E-state index contributed by atoms with van der Waals surface area (Å²) in [4.78, 5) is 22.0. The van der Waals surface area contributed by atoms with Gasteiger partial charge < -0.3 is 10.4 Å². The second kappa shape index (κ2) is 7.38. The number of carbonyl (C=O) groups excluding carboxylic acids is 1. The molecule has 1 aromatic carbocycles. The fourth-order valence-electron chi connectivity index (χ4n) is 1.28. The van der Waals surface area contributed by atoms with Crippen molar-refractivity contribution in [3.8, 4) is 0 Å². The fourth-order valence-corrected chi connectivity index (χ4v) is 1.75. The molecule has 0 aliphatic heterocycles. The van der Waals surface area contributed by atoms with E-state index in [0.29, 0.717) is 11.4 Å². The van der Waals surface area contributed by atoms with Crippen LogP contribution in [0.2, 0.25) is 5.02 Å². The summed E-state index contributed by atoms with van der Waals surface area (Å²) in [7, 11) is 0. The molecule has 0 saturated carbocycles. The number of carboxylic acid groups (broad SMARTS) is 1. The number of aliphatic carboxylic acids is 1. The van der Waals surface area contributed by atoms with Gasteiger partial charge in [-0.25, -0.2) is 4.79 Å². The number of carboxylic acids is 1. The van der Waals surface area contributed by atoms with Gasteiger partial charge in [0, 0.05) is 11.6 Å². The van der Waals surface area contributed by atoms with E-state index < -0.39 is 21.9 Å². The Morgan fingerprint density at radius 1 is 1.16 bits per heavy atom. The summed E-state index contributed by atoms with van der Waals surface area (Å²) in [5.74, 6) is -2.19. The first kappa shape index (κ1) is 15.8. The number of hydrogen-bond donors (Lipinski definition) is 2. The largest absolute Gasteiger partial charge is 0.477 e. The smallest absolute Gasteiger partial charge is 0.349 e. The number of hydrogen-bond acceptors (Lipinski definition) is 2. The van der Waals surface area contributed by atoms with Crippen LogP contribution < -0.4 is 5.32 Å². The third kappa shape index (κ3) is 4.74. The molecule has 0 aromatic heterocycles. The van der Waals surface area contributed by atoms with Crippen LogP contribution in [0.25, 0.3) is 0 Å². The van der Waals surface area contributed by atoms with Gasteiger partial charge in [0.25, 0.3) is 5.91 Å². The molecule has 0 spiro atoms. The van der Waals surface area contributed by atoms with E-state index in [2.05, 4.69) is 5.32 Å². The first-order chi connectivity index (χ1) is 8.93. The van der Waals surface area contributed by atoms with Crippen LogP contribution in [0.15, 0.2) is 34.3 Å². The minimum absolute atomic E-state index is 0.266. The Hall–Kier alpha value is -1.23. The van der Waals surface area contributed by atoms with E-state index in [9.17, 15) is 9.59 Å².